The van der Waals surface area contributed by atoms with Crippen molar-refractivity contribution in [3.05, 3.63) is 63.6 Å². The Balaban J connectivity index is 2.12. The minimum atomic E-state index is -0.478. The molecule has 0 aliphatic carbocycles. The number of hydrogen-bond donors (Lipinski definition) is 0. The van der Waals surface area contributed by atoms with Gasteiger partial charge in [0.15, 0.2) is 0 Å². The molecule has 0 unspecified atom stereocenters. The fourth-order valence-corrected chi connectivity index (χ4v) is 2.31. The van der Waals surface area contributed by atoms with Crippen LogP contribution in [-0.2, 0) is 6.54 Å². The first-order chi connectivity index (χ1) is 8.24. The molecule has 1 aliphatic rings. The van der Waals surface area contributed by atoms with E-state index in [-0.39, 0.29) is 0 Å². The lowest BCUT2D eigenvalue weighted by Crippen LogP contribution is -2.02. The molecule has 0 spiro atoms. The lowest BCUT2D eigenvalue weighted by Gasteiger charge is -2.04. The van der Waals surface area contributed by atoms with Gasteiger partial charge in [0.1, 0.15) is 0 Å². The molecule has 0 atom stereocenters. The Morgan fingerprint density at radius 1 is 1.18 bits per heavy atom. The Hall–Kier alpha value is -1.55. The molecular weight excluding hydrogens is 283 g/mol. The third kappa shape index (κ3) is 1.89. The summed E-state index contributed by atoms with van der Waals surface area (Å²) in [6.45, 7) is 0.655. The van der Waals surface area contributed by atoms with Crippen molar-refractivity contribution >= 4 is 21.6 Å². The van der Waals surface area contributed by atoms with Gasteiger partial charge in [-0.15, -0.1) is 0 Å². The van der Waals surface area contributed by atoms with Crippen LogP contribution in [0.2, 0.25) is 0 Å². The van der Waals surface area contributed by atoms with Crippen LogP contribution in [0.5, 0.6) is 0 Å². The molecule has 1 aromatic carbocycles. The first kappa shape index (κ1) is 10.6. The second kappa shape index (κ2) is 4.04. The molecule has 0 radical (unpaired) electrons. The Labute approximate surface area is 106 Å². The Bertz CT molecular complexity index is 623. The maximum atomic E-state index is 13.1. The number of hydrogen-bond acceptors (Lipinski definition) is 2. The van der Waals surface area contributed by atoms with Crippen LogP contribution in [0.15, 0.2) is 46.0 Å². The minimum Gasteiger partial charge on any atom is -0.279 e. The molecule has 84 valence electrons. The van der Waals surface area contributed by atoms with Gasteiger partial charge in [-0.2, -0.15) is 4.39 Å². The third-order valence-corrected chi connectivity index (χ3v) is 3.23. The van der Waals surface area contributed by atoms with Crippen molar-refractivity contribution in [2.45, 2.75) is 6.54 Å². The summed E-state index contributed by atoms with van der Waals surface area (Å²) in [6, 6.07) is 9.23. The number of halogens is 2. The highest BCUT2D eigenvalue weighted by Crippen LogP contribution is 2.26. The zero-order chi connectivity index (χ0) is 11.8. The van der Waals surface area contributed by atoms with E-state index in [4.69, 9.17) is 0 Å². The van der Waals surface area contributed by atoms with Crippen molar-refractivity contribution in [1.29, 1.82) is 0 Å². The van der Waals surface area contributed by atoms with Crippen LogP contribution in [0, 0.1) is 5.95 Å². The summed E-state index contributed by atoms with van der Waals surface area (Å²) in [6.07, 6.45) is 1.46. The Morgan fingerprint density at radius 3 is 2.88 bits per heavy atom. The van der Waals surface area contributed by atoms with Crippen molar-refractivity contribution in [3.63, 3.8) is 0 Å². The average molecular weight is 291 g/mol. The first-order valence-corrected chi connectivity index (χ1v) is 5.98. The van der Waals surface area contributed by atoms with Crippen LogP contribution < -0.4 is 0 Å². The summed E-state index contributed by atoms with van der Waals surface area (Å²) < 4.78 is 14.1. The van der Waals surface area contributed by atoms with Gasteiger partial charge < -0.3 is 0 Å². The monoisotopic (exact) mass is 290 g/mol. The van der Waals surface area contributed by atoms with E-state index >= 15 is 0 Å². The largest absolute Gasteiger partial charge is 0.279 e. The standard InChI is InChI=1S/C13H8BrFN2/c14-10-2-1-9-7-17-13(11(9)6-10)8-3-4-16-12(15)5-8/h1-6H,7H2. The third-order valence-electron chi connectivity index (χ3n) is 2.73. The second-order valence-electron chi connectivity index (χ2n) is 3.83. The van der Waals surface area contributed by atoms with Crippen molar-refractivity contribution < 1.29 is 4.39 Å². The number of aliphatic imine (C=N–C) groups is 1. The summed E-state index contributed by atoms with van der Waals surface area (Å²) in [5, 5.41) is 0. The first-order valence-electron chi connectivity index (χ1n) is 5.19. The van der Waals surface area contributed by atoms with Crippen LogP contribution in [-0.4, -0.2) is 10.7 Å². The molecule has 2 aromatic rings. The normalized spacial score (nSPS) is 13.4. The maximum Gasteiger partial charge on any atom is 0.213 e. The molecule has 0 saturated heterocycles. The second-order valence-corrected chi connectivity index (χ2v) is 4.75. The summed E-state index contributed by atoms with van der Waals surface area (Å²) in [5.74, 6) is -0.478. The lowest BCUT2D eigenvalue weighted by atomic mass is 10.0. The number of benzene rings is 1. The molecule has 0 N–H and O–H groups in total. The lowest BCUT2D eigenvalue weighted by molar-refractivity contribution is 0.583. The van der Waals surface area contributed by atoms with Gasteiger partial charge in [-0.3, -0.25) is 4.99 Å². The Morgan fingerprint density at radius 2 is 2.06 bits per heavy atom. The maximum absolute atomic E-state index is 13.1. The number of pyridine rings is 1. The quantitative estimate of drug-likeness (QED) is 0.740. The molecule has 2 nitrogen and oxygen atoms in total. The molecule has 2 heterocycles. The van der Waals surface area contributed by atoms with Gasteiger partial charge in [0.2, 0.25) is 5.95 Å². The fourth-order valence-electron chi connectivity index (χ4n) is 1.95. The number of fused-ring (bicyclic) bond motifs is 1. The van der Waals surface area contributed by atoms with Crippen LogP contribution in [0.3, 0.4) is 0 Å². The van der Waals surface area contributed by atoms with Crippen molar-refractivity contribution in [3.8, 4) is 0 Å². The molecule has 3 rings (SSSR count). The fraction of sp³-hybridized carbons (Fsp3) is 0.0769. The van der Waals surface area contributed by atoms with Crippen molar-refractivity contribution in [2.24, 2.45) is 4.99 Å². The van der Waals surface area contributed by atoms with E-state index in [9.17, 15) is 4.39 Å². The van der Waals surface area contributed by atoms with E-state index in [1.165, 1.54) is 17.8 Å². The van der Waals surface area contributed by atoms with Gasteiger partial charge >= 0.3 is 0 Å². The molecule has 0 fully saturated rings. The van der Waals surface area contributed by atoms with Gasteiger partial charge in [0, 0.05) is 27.9 Å². The van der Waals surface area contributed by atoms with Gasteiger partial charge in [-0.05, 0) is 23.8 Å². The Kier molecular flexibility index (Phi) is 2.52. The molecular formula is C13H8BrFN2. The van der Waals surface area contributed by atoms with E-state index in [1.54, 1.807) is 6.07 Å². The van der Waals surface area contributed by atoms with Gasteiger partial charge in [-0.1, -0.05) is 22.0 Å². The molecule has 17 heavy (non-hydrogen) atoms. The van der Waals surface area contributed by atoms with E-state index in [1.807, 2.05) is 18.2 Å². The van der Waals surface area contributed by atoms with Gasteiger partial charge in [0.05, 0.1) is 12.3 Å². The van der Waals surface area contributed by atoms with Gasteiger partial charge in [-0.25, -0.2) is 4.98 Å². The molecule has 0 bridgehead atoms. The van der Waals surface area contributed by atoms with E-state index < -0.39 is 5.95 Å². The molecule has 4 heteroatoms. The van der Waals surface area contributed by atoms with Crippen molar-refractivity contribution in [1.82, 2.24) is 4.98 Å². The predicted molar refractivity (Wildman–Crippen MR) is 67.7 cm³/mol. The van der Waals surface area contributed by atoms with E-state index in [0.29, 0.717) is 6.54 Å². The van der Waals surface area contributed by atoms with E-state index in [0.717, 1.165) is 21.3 Å². The zero-order valence-electron chi connectivity index (χ0n) is 8.82. The summed E-state index contributed by atoms with van der Waals surface area (Å²) in [4.78, 5) is 8.01. The SMILES string of the molecule is Fc1cc(C2=NCc3ccc(Br)cc32)ccn1. The molecule has 1 aliphatic heterocycles. The molecule has 0 amide bonds. The number of rotatable bonds is 1. The zero-order valence-corrected chi connectivity index (χ0v) is 10.4. The van der Waals surface area contributed by atoms with E-state index in [2.05, 4.69) is 25.9 Å². The number of nitrogens with zero attached hydrogens (tertiary/aromatic N) is 2. The summed E-state index contributed by atoms with van der Waals surface area (Å²) in [7, 11) is 0. The average Bonchev–Trinajstić information content (AvgIpc) is 2.71. The highest BCUT2D eigenvalue weighted by molar-refractivity contribution is 9.10. The molecule has 1 aromatic heterocycles. The smallest absolute Gasteiger partial charge is 0.213 e. The highest BCUT2D eigenvalue weighted by Gasteiger charge is 2.17. The van der Waals surface area contributed by atoms with Crippen molar-refractivity contribution in [2.75, 3.05) is 0 Å². The topological polar surface area (TPSA) is 25.2 Å². The van der Waals surface area contributed by atoms with Gasteiger partial charge in [0.25, 0.3) is 0 Å². The number of aromatic nitrogens is 1. The van der Waals surface area contributed by atoms with Crippen LogP contribution in [0.25, 0.3) is 0 Å². The highest BCUT2D eigenvalue weighted by atomic mass is 79.9. The van der Waals surface area contributed by atoms with Crippen LogP contribution in [0.4, 0.5) is 4.39 Å². The predicted octanol–water partition coefficient (Wildman–Crippen LogP) is 3.33. The summed E-state index contributed by atoms with van der Waals surface area (Å²) in [5.41, 5.74) is 3.84. The van der Waals surface area contributed by atoms with Crippen LogP contribution in [0.1, 0.15) is 16.7 Å². The summed E-state index contributed by atoms with van der Waals surface area (Å²) >= 11 is 3.44. The van der Waals surface area contributed by atoms with Crippen LogP contribution >= 0.6 is 15.9 Å². The molecule has 0 saturated carbocycles. The minimum absolute atomic E-state index is 0.478.